The number of hydrogen-bond acceptors (Lipinski definition) is 6. The summed E-state index contributed by atoms with van der Waals surface area (Å²) >= 11 is 3.44. The molecule has 3 aromatic rings. The highest BCUT2D eigenvalue weighted by atomic mass is 79.9. The molecule has 35 heavy (non-hydrogen) atoms. The number of rotatable bonds is 9. The molecule has 0 fully saturated rings. The van der Waals surface area contributed by atoms with Gasteiger partial charge in [-0.1, -0.05) is 15.9 Å². The van der Waals surface area contributed by atoms with E-state index in [0.717, 1.165) is 37.7 Å². The van der Waals surface area contributed by atoms with Crippen molar-refractivity contribution < 1.29 is 22.7 Å². The van der Waals surface area contributed by atoms with Crippen LogP contribution < -0.4 is 19.2 Å². The number of amides is 1. The van der Waals surface area contributed by atoms with Crippen molar-refractivity contribution in [3.05, 3.63) is 70.0 Å². The zero-order valence-electron chi connectivity index (χ0n) is 20.1. The number of methoxy groups -OCH3 is 2. The number of aromatic nitrogens is 1. The average molecular weight is 563 g/mol. The highest BCUT2D eigenvalue weighted by Gasteiger charge is 2.24. The van der Waals surface area contributed by atoms with Gasteiger partial charge in [0, 0.05) is 33.2 Å². The lowest BCUT2D eigenvalue weighted by atomic mass is 10.2. The molecule has 0 spiro atoms. The van der Waals surface area contributed by atoms with E-state index in [9.17, 15) is 13.2 Å². The molecule has 1 heterocycles. The number of nitrogens with one attached hydrogen (secondary N) is 1. The minimum atomic E-state index is -3.81. The Morgan fingerprint density at radius 2 is 1.80 bits per heavy atom. The Morgan fingerprint density at radius 1 is 1.11 bits per heavy atom. The van der Waals surface area contributed by atoms with Crippen molar-refractivity contribution >= 4 is 43.8 Å². The van der Waals surface area contributed by atoms with Crippen LogP contribution in [0.1, 0.15) is 17.0 Å². The maximum Gasteiger partial charge on any atom is 0.260 e. The van der Waals surface area contributed by atoms with Crippen LogP contribution in [0.5, 0.6) is 11.5 Å². The fourth-order valence-corrected chi connectivity index (χ4v) is 4.73. The average Bonchev–Trinajstić information content (AvgIpc) is 3.09. The Hall–Kier alpha value is -3.31. The van der Waals surface area contributed by atoms with Gasteiger partial charge in [0.25, 0.3) is 5.91 Å². The highest BCUT2D eigenvalue weighted by molar-refractivity contribution is 9.10. The molecule has 11 heteroatoms. The van der Waals surface area contributed by atoms with E-state index in [-0.39, 0.29) is 11.4 Å². The molecule has 0 saturated carbocycles. The SMILES string of the molecule is COc1ccc(OC)c(N(CC(=O)N/N=C\c2cc(C)n(-c3ccc(Br)cc3)c2C)S(C)(=O)=O)c1. The standard InChI is InChI=1S/C24H27BrN4O5S/c1-16-12-18(17(2)29(16)20-8-6-19(25)7-9-20)14-26-27-24(30)15-28(35(5,31)32)22-13-21(33-3)10-11-23(22)34-4/h6-14H,15H2,1-5H3,(H,27,30)/b26-14-. The summed E-state index contributed by atoms with van der Waals surface area (Å²) in [6.07, 6.45) is 2.55. The number of aryl methyl sites for hydroxylation is 1. The summed E-state index contributed by atoms with van der Waals surface area (Å²) in [6, 6.07) is 14.6. The summed E-state index contributed by atoms with van der Waals surface area (Å²) in [6.45, 7) is 3.45. The van der Waals surface area contributed by atoms with Crippen molar-refractivity contribution in [1.29, 1.82) is 0 Å². The van der Waals surface area contributed by atoms with Crippen molar-refractivity contribution in [2.75, 3.05) is 31.3 Å². The number of hydrogen-bond donors (Lipinski definition) is 1. The van der Waals surface area contributed by atoms with Crippen LogP contribution in [-0.2, 0) is 14.8 Å². The van der Waals surface area contributed by atoms with Crippen LogP contribution in [-0.4, -0.2) is 52.1 Å². The molecule has 0 aliphatic rings. The topological polar surface area (TPSA) is 102 Å². The van der Waals surface area contributed by atoms with Gasteiger partial charge >= 0.3 is 0 Å². The second-order valence-electron chi connectivity index (χ2n) is 7.74. The zero-order chi connectivity index (χ0) is 25.8. The first kappa shape index (κ1) is 26.3. The smallest absolute Gasteiger partial charge is 0.260 e. The summed E-state index contributed by atoms with van der Waals surface area (Å²) in [5.74, 6) is 0.0974. The minimum Gasteiger partial charge on any atom is -0.497 e. The predicted molar refractivity (Wildman–Crippen MR) is 140 cm³/mol. The molecule has 186 valence electrons. The van der Waals surface area contributed by atoms with E-state index >= 15 is 0 Å². The third-order valence-corrected chi connectivity index (χ3v) is 6.95. The second-order valence-corrected chi connectivity index (χ2v) is 10.6. The number of sulfonamides is 1. The Bertz CT molecular complexity index is 1350. The molecule has 0 aliphatic carbocycles. The van der Waals surface area contributed by atoms with Crippen LogP contribution in [0.4, 0.5) is 5.69 Å². The monoisotopic (exact) mass is 562 g/mol. The quantitative estimate of drug-likeness (QED) is 0.315. The lowest BCUT2D eigenvalue weighted by Gasteiger charge is -2.23. The molecule has 0 atom stereocenters. The van der Waals surface area contributed by atoms with Crippen molar-refractivity contribution in [2.24, 2.45) is 5.10 Å². The Labute approximate surface area is 213 Å². The van der Waals surface area contributed by atoms with Crippen LogP contribution in [0, 0.1) is 13.8 Å². The summed E-state index contributed by atoms with van der Waals surface area (Å²) in [5.41, 5.74) is 6.37. The molecule has 1 N–H and O–H groups in total. The summed E-state index contributed by atoms with van der Waals surface area (Å²) in [7, 11) is -0.931. The number of carbonyl (C=O) groups is 1. The van der Waals surface area contributed by atoms with E-state index in [4.69, 9.17) is 9.47 Å². The predicted octanol–water partition coefficient (Wildman–Crippen LogP) is 3.79. The number of halogens is 1. The number of anilines is 1. The van der Waals surface area contributed by atoms with E-state index in [2.05, 4.69) is 31.0 Å². The third-order valence-electron chi connectivity index (χ3n) is 5.29. The minimum absolute atomic E-state index is 0.187. The largest absolute Gasteiger partial charge is 0.497 e. The molecule has 0 aliphatic heterocycles. The van der Waals surface area contributed by atoms with E-state index in [1.54, 1.807) is 12.1 Å². The van der Waals surface area contributed by atoms with Gasteiger partial charge in [0.2, 0.25) is 10.0 Å². The molecule has 1 aromatic heterocycles. The van der Waals surface area contributed by atoms with Gasteiger partial charge in [0.05, 0.1) is 32.4 Å². The Balaban J connectivity index is 1.79. The fraction of sp³-hybridized carbons (Fsp3) is 0.250. The molecule has 1 amide bonds. The van der Waals surface area contributed by atoms with Gasteiger partial charge in [-0.15, -0.1) is 0 Å². The molecular formula is C24H27BrN4O5S. The molecule has 9 nitrogen and oxygen atoms in total. The fourth-order valence-electron chi connectivity index (χ4n) is 3.62. The van der Waals surface area contributed by atoms with Crippen molar-refractivity contribution in [3.63, 3.8) is 0 Å². The molecule has 0 radical (unpaired) electrons. The zero-order valence-corrected chi connectivity index (χ0v) is 22.5. The van der Waals surface area contributed by atoms with Crippen LogP contribution in [0.25, 0.3) is 5.69 Å². The lowest BCUT2D eigenvalue weighted by Crippen LogP contribution is -2.39. The van der Waals surface area contributed by atoms with Gasteiger partial charge in [-0.05, 0) is 56.3 Å². The van der Waals surface area contributed by atoms with Gasteiger partial charge in [-0.25, -0.2) is 13.8 Å². The van der Waals surface area contributed by atoms with E-state index < -0.39 is 22.5 Å². The number of carbonyl (C=O) groups excluding carboxylic acids is 1. The van der Waals surface area contributed by atoms with E-state index in [0.29, 0.717) is 5.75 Å². The van der Waals surface area contributed by atoms with E-state index in [1.165, 1.54) is 26.5 Å². The van der Waals surface area contributed by atoms with Crippen LogP contribution >= 0.6 is 15.9 Å². The first-order valence-corrected chi connectivity index (χ1v) is 13.2. The first-order valence-electron chi connectivity index (χ1n) is 10.5. The highest BCUT2D eigenvalue weighted by Crippen LogP contribution is 2.33. The number of ether oxygens (including phenoxy) is 2. The summed E-state index contributed by atoms with van der Waals surface area (Å²) < 4.78 is 39.4. The van der Waals surface area contributed by atoms with Crippen molar-refractivity contribution in [3.8, 4) is 17.2 Å². The lowest BCUT2D eigenvalue weighted by molar-refractivity contribution is -0.119. The van der Waals surface area contributed by atoms with Gasteiger partial charge < -0.3 is 14.0 Å². The van der Waals surface area contributed by atoms with Crippen LogP contribution in [0.15, 0.2) is 58.1 Å². The molecule has 2 aromatic carbocycles. The Kier molecular flexibility index (Phi) is 8.23. The first-order chi connectivity index (χ1) is 16.5. The second kappa shape index (κ2) is 11.0. The summed E-state index contributed by atoms with van der Waals surface area (Å²) in [4.78, 5) is 12.6. The summed E-state index contributed by atoms with van der Waals surface area (Å²) in [5, 5.41) is 4.05. The van der Waals surface area contributed by atoms with Gasteiger partial charge in [0.1, 0.15) is 18.0 Å². The number of nitrogens with zero attached hydrogens (tertiary/aromatic N) is 3. The maximum atomic E-state index is 12.6. The normalized spacial score (nSPS) is 11.5. The third kappa shape index (κ3) is 6.23. The molecule has 0 unspecified atom stereocenters. The van der Waals surface area contributed by atoms with Crippen molar-refractivity contribution in [2.45, 2.75) is 13.8 Å². The van der Waals surface area contributed by atoms with Crippen LogP contribution in [0.3, 0.4) is 0 Å². The van der Waals surface area contributed by atoms with Gasteiger partial charge in [0.15, 0.2) is 0 Å². The maximum absolute atomic E-state index is 12.6. The Morgan fingerprint density at radius 3 is 2.40 bits per heavy atom. The van der Waals surface area contributed by atoms with Gasteiger partial charge in [-0.2, -0.15) is 5.10 Å². The molecule has 0 bridgehead atoms. The molecular weight excluding hydrogens is 536 g/mol. The van der Waals surface area contributed by atoms with E-state index in [1.807, 2.05) is 44.2 Å². The van der Waals surface area contributed by atoms with Crippen LogP contribution in [0.2, 0.25) is 0 Å². The van der Waals surface area contributed by atoms with Gasteiger partial charge in [-0.3, -0.25) is 9.10 Å². The molecule has 3 rings (SSSR count). The van der Waals surface area contributed by atoms with Crippen molar-refractivity contribution in [1.82, 2.24) is 9.99 Å². The number of hydrazone groups is 1. The molecule has 0 saturated heterocycles. The number of benzene rings is 2.